The number of hydrogen-bond donors (Lipinski definition) is 1. The molecule has 0 unspecified atom stereocenters. The van der Waals surface area contributed by atoms with E-state index in [2.05, 4.69) is 5.32 Å². The molecule has 132 valence electrons. The summed E-state index contributed by atoms with van der Waals surface area (Å²) >= 11 is 1.61. The number of thioether (sulfide) groups is 1. The SMILES string of the molecule is CSc1ccccc1NC(=O)CN(C)CCC(=O)N1CCCCC1. The first-order valence-corrected chi connectivity index (χ1v) is 9.72. The van der Waals surface area contributed by atoms with Gasteiger partial charge in [-0.1, -0.05) is 12.1 Å². The van der Waals surface area contributed by atoms with Crippen LogP contribution in [-0.4, -0.2) is 61.1 Å². The first-order valence-electron chi connectivity index (χ1n) is 8.49. The molecule has 1 fully saturated rings. The Kier molecular flexibility index (Phi) is 7.59. The van der Waals surface area contributed by atoms with E-state index in [-0.39, 0.29) is 18.4 Å². The van der Waals surface area contributed by atoms with Gasteiger partial charge in [0.25, 0.3) is 0 Å². The molecular formula is C18H27N3O2S. The van der Waals surface area contributed by atoms with Gasteiger partial charge in [0, 0.05) is 31.0 Å². The van der Waals surface area contributed by atoms with E-state index in [4.69, 9.17) is 0 Å². The van der Waals surface area contributed by atoms with Gasteiger partial charge in [0.05, 0.1) is 12.2 Å². The molecule has 1 aliphatic heterocycles. The van der Waals surface area contributed by atoms with Gasteiger partial charge in [-0.25, -0.2) is 0 Å². The summed E-state index contributed by atoms with van der Waals surface area (Å²) in [5, 5.41) is 2.95. The minimum atomic E-state index is -0.0515. The molecule has 0 bridgehead atoms. The number of anilines is 1. The summed E-state index contributed by atoms with van der Waals surface area (Å²) in [5.74, 6) is 0.152. The zero-order valence-electron chi connectivity index (χ0n) is 14.6. The maximum Gasteiger partial charge on any atom is 0.238 e. The molecule has 2 rings (SSSR count). The third kappa shape index (κ3) is 5.83. The summed E-state index contributed by atoms with van der Waals surface area (Å²) < 4.78 is 0. The predicted molar refractivity (Wildman–Crippen MR) is 99.4 cm³/mol. The Balaban J connectivity index is 1.74. The third-order valence-electron chi connectivity index (χ3n) is 4.21. The highest BCUT2D eigenvalue weighted by atomic mass is 32.2. The van der Waals surface area contributed by atoms with Crippen molar-refractivity contribution in [2.45, 2.75) is 30.6 Å². The Labute approximate surface area is 148 Å². The molecule has 0 radical (unpaired) electrons. The lowest BCUT2D eigenvalue weighted by Gasteiger charge is -2.27. The zero-order chi connectivity index (χ0) is 17.4. The monoisotopic (exact) mass is 349 g/mol. The normalized spacial score (nSPS) is 14.7. The molecule has 1 aromatic rings. The highest BCUT2D eigenvalue weighted by molar-refractivity contribution is 7.98. The van der Waals surface area contributed by atoms with Crippen LogP contribution in [0.3, 0.4) is 0 Å². The Morgan fingerprint density at radius 3 is 2.62 bits per heavy atom. The van der Waals surface area contributed by atoms with E-state index in [1.54, 1.807) is 11.8 Å². The number of carbonyl (C=O) groups is 2. The lowest BCUT2D eigenvalue weighted by molar-refractivity contribution is -0.132. The van der Waals surface area contributed by atoms with Crippen LogP contribution >= 0.6 is 11.8 Å². The van der Waals surface area contributed by atoms with Crippen molar-refractivity contribution in [2.75, 3.05) is 44.8 Å². The number of rotatable bonds is 7. The second kappa shape index (κ2) is 9.69. The molecule has 0 atom stereocenters. The van der Waals surface area contributed by atoms with Crippen molar-refractivity contribution in [3.63, 3.8) is 0 Å². The van der Waals surface area contributed by atoms with Crippen LogP contribution in [0, 0.1) is 0 Å². The summed E-state index contributed by atoms with van der Waals surface area (Å²) in [6.07, 6.45) is 5.91. The first kappa shape index (κ1) is 18.8. The van der Waals surface area contributed by atoms with Gasteiger partial charge in [-0.3, -0.25) is 14.5 Å². The summed E-state index contributed by atoms with van der Waals surface area (Å²) in [6.45, 7) is 2.66. The molecule has 0 spiro atoms. The Bertz CT molecular complexity index is 559. The molecule has 1 heterocycles. The van der Waals surface area contributed by atoms with Crippen molar-refractivity contribution in [3.8, 4) is 0 Å². The molecule has 1 aromatic carbocycles. The van der Waals surface area contributed by atoms with Crippen molar-refractivity contribution < 1.29 is 9.59 Å². The number of piperidine rings is 1. The van der Waals surface area contributed by atoms with E-state index in [1.165, 1.54) is 6.42 Å². The van der Waals surface area contributed by atoms with Crippen LogP contribution in [-0.2, 0) is 9.59 Å². The fraction of sp³-hybridized carbons (Fsp3) is 0.556. The molecule has 2 amide bonds. The minimum Gasteiger partial charge on any atom is -0.343 e. The van der Waals surface area contributed by atoms with E-state index in [0.717, 1.165) is 36.5 Å². The van der Waals surface area contributed by atoms with E-state index < -0.39 is 0 Å². The number of nitrogens with one attached hydrogen (secondary N) is 1. The molecule has 1 N–H and O–H groups in total. The third-order valence-corrected chi connectivity index (χ3v) is 5.01. The number of likely N-dealkylation sites (tertiary alicyclic amines) is 1. The topological polar surface area (TPSA) is 52.7 Å². The second-order valence-electron chi connectivity index (χ2n) is 6.18. The molecule has 1 aliphatic rings. The molecule has 5 nitrogen and oxygen atoms in total. The lowest BCUT2D eigenvalue weighted by atomic mass is 10.1. The predicted octanol–water partition coefficient (Wildman–Crippen LogP) is 2.68. The number of carbonyl (C=O) groups excluding carboxylic acids is 2. The van der Waals surface area contributed by atoms with Crippen LogP contribution in [0.15, 0.2) is 29.2 Å². The van der Waals surface area contributed by atoms with Crippen LogP contribution in [0.4, 0.5) is 5.69 Å². The molecule has 6 heteroatoms. The van der Waals surface area contributed by atoms with Gasteiger partial charge in [-0.05, 0) is 44.7 Å². The molecule has 0 aromatic heterocycles. The highest BCUT2D eigenvalue weighted by Gasteiger charge is 2.17. The standard InChI is InChI=1S/C18H27N3O2S/c1-20(13-10-18(23)21-11-6-3-7-12-21)14-17(22)19-15-8-4-5-9-16(15)24-2/h4-5,8-9H,3,6-7,10-14H2,1-2H3,(H,19,22). The Morgan fingerprint density at radius 1 is 1.21 bits per heavy atom. The largest absolute Gasteiger partial charge is 0.343 e. The smallest absolute Gasteiger partial charge is 0.238 e. The average molecular weight is 350 g/mol. The van der Waals surface area contributed by atoms with Crippen LogP contribution < -0.4 is 5.32 Å². The van der Waals surface area contributed by atoms with Crippen LogP contribution in [0.25, 0.3) is 0 Å². The van der Waals surface area contributed by atoms with Crippen molar-refractivity contribution in [3.05, 3.63) is 24.3 Å². The molecule has 24 heavy (non-hydrogen) atoms. The number of para-hydroxylation sites is 1. The number of amides is 2. The van der Waals surface area contributed by atoms with Crippen molar-refractivity contribution in [1.29, 1.82) is 0 Å². The van der Waals surface area contributed by atoms with E-state index in [1.807, 2.05) is 47.4 Å². The van der Waals surface area contributed by atoms with Crippen molar-refractivity contribution in [1.82, 2.24) is 9.80 Å². The van der Waals surface area contributed by atoms with E-state index >= 15 is 0 Å². The second-order valence-corrected chi connectivity index (χ2v) is 7.03. The number of likely N-dealkylation sites (N-methyl/N-ethyl adjacent to an activating group) is 1. The maximum absolute atomic E-state index is 12.2. The fourth-order valence-electron chi connectivity index (χ4n) is 2.85. The number of hydrogen-bond acceptors (Lipinski definition) is 4. The fourth-order valence-corrected chi connectivity index (χ4v) is 3.40. The zero-order valence-corrected chi connectivity index (χ0v) is 15.4. The molecule has 0 aliphatic carbocycles. The van der Waals surface area contributed by atoms with Crippen molar-refractivity contribution >= 4 is 29.3 Å². The number of benzene rings is 1. The Morgan fingerprint density at radius 2 is 1.92 bits per heavy atom. The van der Waals surface area contributed by atoms with Crippen molar-refractivity contribution in [2.24, 2.45) is 0 Å². The maximum atomic E-state index is 12.2. The van der Waals surface area contributed by atoms with E-state index in [0.29, 0.717) is 13.0 Å². The first-order chi connectivity index (χ1) is 11.6. The highest BCUT2D eigenvalue weighted by Crippen LogP contribution is 2.24. The van der Waals surface area contributed by atoms with Crippen LogP contribution in [0.5, 0.6) is 0 Å². The molecule has 1 saturated heterocycles. The van der Waals surface area contributed by atoms with E-state index in [9.17, 15) is 9.59 Å². The van der Waals surface area contributed by atoms with Gasteiger partial charge in [0.1, 0.15) is 0 Å². The van der Waals surface area contributed by atoms with Gasteiger partial charge in [0.2, 0.25) is 11.8 Å². The number of nitrogens with zero attached hydrogens (tertiary/aromatic N) is 2. The van der Waals surface area contributed by atoms with Gasteiger partial charge >= 0.3 is 0 Å². The van der Waals surface area contributed by atoms with Gasteiger partial charge < -0.3 is 10.2 Å². The molecule has 0 saturated carbocycles. The van der Waals surface area contributed by atoms with Gasteiger partial charge in [-0.2, -0.15) is 0 Å². The summed E-state index contributed by atoms with van der Waals surface area (Å²) in [5.41, 5.74) is 0.841. The lowest BCUT2D eigenvalue weighted by Crippen LogP contribution is -2.38. The summed E-state index contributed by atoms with van der Waals surface area (Å²) in [6, 6.07) is 7.76. The molecular weight excluding hydrogens is 322 g/mol. The summed E-state index contributed by atoms with van der Waals surface area (Å²) in [7, 11) is 1.88. The average Bonchev–Trinajstić information content (AvgIpc) is 2.60. The summed E-state index contributed by atoms with van der Waals surface area (Å²) in [4.78, 5) is 29.2. The van der Waals surface area contributed by atoms with Crippen LogP contribution in [0.2, 0.25) is 0 Å². The quantitative estimate of drug-likeness (QED) is 0.769. The minimum absolute atomic E-state index is 0.0515. The van der Waals surface area contributed by atoms with Crippen LogP contribution in [0.1, 0.15) is 25.7 Å². The Hall–Kier alpha value is -1.53. The van der Waals surface area contributed by atoms with Gasteiger partial charge in [0.15, 0.2) is 0 Å². The van der Waals surface area contributed by atoms with Gasteiger partial charge in [-0.15, -0.1) is 11.8 Å².